The van der Waals surface area contributed by atoms with E-state index in [1.54, 1.807) is 48.5 Å². The van der Waals surface area contributed by atoms with E-state index < -0.39 is 29.1 Å². The Hall–Kier alpha value is -2.73. The first-order valence-corrected chi connectivity index (χ1v) is 7.61. The zero-order valence-corrected chi connectivity index (χ0v) is 13.3. The summed E-state index contributed by atoms with van der Waals surface area (Å²) in [6.45, 7) is 0.561. The van der Waals surface area contributed by atoms with Crippen molar-refractivity contribution in [2.45, 2.75) is 25.0 Å². The Labute approximate surface area is 139 Å². The standard InChI is InChI=1S/C18H19NO5/c1-2-18(13-20,19(22)23)17(21)24-16(14-9-5-3-6-10-14)15-11-7-4-8-12-15/h3-12,16,20H,2,13H2,1H3/t18-/m0/s1. The molecule has 0 radical (unpaired) electrons. The maximum absolute atomic E-state index is 12.5. The molecule has 0 saturated carbocycles. The quantitative estimate of drug-likeness (QED) is 0.479. The summed E-state index contributed by atoms with van der Waals surface area (Å²) in [5.41, 5.74) is -0.756. The number of hydrogen-bond acceptors (Lipinski definition) is 5. The second-order valence-electron chi connectivity index (χ2n) is 5.41. The maximum atomic E-state index is 12.5. The van der Waals surface area contributed by atoms with E-state index in [0.717, 1.165) is 0 Å². The lowest BCUT2D eigenvalue weighted by Gasteiger charge is -2.24. The largest absolute Gasteiger partial charge is 0.447 e. The minimum atomic E-state index is -2.15. The molecule has 0 aliphatic heterocycles. The number of benzene rings is 2. The van der Waals surface area contributed by atoms with Crippen LogP contribution in [0.5, 0.6) is 0 Å². The van der Waals surface area contributed by atoms with Gasteiger partial charge in [0.05, 0.1) is 0 Å². The number of aliphatic hydroxyl groups excluding tert-OH is 1. The Kier molecular flexibility index (Phi) is 5.65. The third kappa shape index (κ3) is 3.44. The normalized spacial score (nSPS) is 13.3. The van der Waals surface area contributed by atoms with Crippen LogP contribution in [-0.2, 0) is 9.53 Å². The van der Waals surface area contributed by atoms with Gasteiger partial charge in [0.1, 0.15) is 6.61 Å². The van der Waals surface area contributed by atoms with Crippen LogP contribution in [0.4, 0.5) is 0 Å². The second-order valence-corrected chi connectivity index (χ2v) is 5.41. The summed E-state index contributed by atoms with van der Waals surface area (Å²) in [5.74, 6) is -1.05. The topological polar surface area (TPSA) is 89.7 Å². The Morgan fingerprint density at radius 1 is 1.12 bits per heavy atom. The summed E-state index contributed by atoms with van der Waals surface area (Å²) in [4.78, 5) is 23.1. The van der Waals surface area contributed by atoms with E-state index in [4.69, 9.17) is 4.74 Å². The van der Waals surface area contributed by atoms with Crippen LogP contribution in [0, 0.1) is 10.1 Å². The molecule has 2 rings (SSSR count). The molecule has 1 atom stereocenters. The van der Waals surface area contributed by atoms with Crippen molar-refractivity contribution in [1.82, 2.24) is 0 Å². The average Bonchev–Trinajstić information content (AvgIpc) is 2.62. The summed E-state index contributed by atoms with van der Waals surface area (Å²) in [7, 11) is 0. The van der Waals surface area contributed by atoms with Crippen LogP contribution in [0.2, 0.25) is 0 Å². The van der Waals surface area contributed by atoms with Crippen LogP contribution >= 0.6 is 0 Å². The van der Waals surface area contributed by atoms with E-state index in [1.807, 2.05) is 12.1 Å². The van der Waals surface area contributed by atoms with E-state index in [2.05, 4.69) is 0 Å². The molecule has 0 saturated heterocycles. The molecule has 0 spiro atoms. The van der Waals surface area contributed by atoms with Crippen molar-refractivity contribution in [2.24, 2.45) is 0 Å². The smallest absolute Gasteiger partial charge is 0.388 e. The van der Waals surface area contributed by atoms with Crippen molar-refractivity contribution in [3.05, 3.63) is 81.9 Å². The highest BCUT2D eigenvalue weighted by Gasteiger charge is 2.51. The van der Waals surface area contributed by atoms with E-state index in [-0.39, 0.29) is 6.42 Å². The van der Waals surface area contributed by atoms with E-state index in [1.165, 1.54) is 6.92 Å². The molecular formula is C18H19NO5. The van der Waals surface area contributed by atoms with Crippen LogP contribution in [-0.4, -0.2) is 28.1 Å². The molecule has 24 heavy (non-hydrogen) atoms. The Morgan fingerprint density at radius 3 is 1.92 bits per heavy atom. The van der Waals surface area contributed by atoms with E-state index >= 15 is 0 Å². The molecule has 0 aliphatic rings. The fourth-order valence-electron chi connectivity index (χ4n) is 2.38. The molecule has 126 valence electrons. The minimum absolute atomic E-state index is 0.161. The van der Waals surface area contributed by atoms with Gasteiger partial charge in [-0.1, -0.05) is 67.6 Å². The van der Waals surface area contributed by atoms with Crippen molar-refractivity contribution in [3.8, 4) is 0 Å². The van der Waals surface area contributed by atoms with Gasteiger partial charge < -0.3 is 9.84 Å². The lowest BCUT2D eigenvalue weighted by atomic mass is 9.97. The van der Waals surface area contributed by atoms with Gasteiger partial charge in [-0.25, -0.2) is 4.79 Å². The Balaban J connectivity index is 2.39. The molecule has 6 heteroatoms. The molecule has 1 N–H and O–H groups in total. The summed E-state index contributed by atoms with van der Waals surface area (Å²) < 4.78 is 5.49. The summed E-state index contributed by atoms with van der Waals surface area (Å²) in [5, 5.41) is 20.8. The van der Waals surface area contributed by atoms with Gasteiger partial charge in [0.2, 0.25) is 0 Å². The van der Waals surface area contributed by atoms with Crippen molar-refractivity contribution < 1.29 is 19.6 Å². The number of nitro groups is 1. The van der Waals surface area contributed by atoms with Gasteiger partial charge in [0.15, 0.2) is 6.10 Å². The van der Waals surface area contributed by atoms with Gasteiger partial charge >= 0.3 is 11.5 Å². The van der Waals surface area contributed by atoms with Gasteiger partial charge in [-0.05, 0) is 11.1 Å². The highest BCUT2D eigenvalue weighted by molar-refractivity contribution is 5.80. The van der Waals surface area contributed by atoms with E-state index in [9.17, 15) is 20.0 Å². The number of esters is 1. The third-order valence-electron chi connectivity index (χ3n) is 4.01. The average molecular weight is 329 g/mol. The first-order valence-electron chi connectivity index (χ1n) is 7.61. The highest BCUT2D eigenvalue weighted by atomic mass is 16.6. The van der Waals surface area contributed by atoms with Crippen LogP contribution in [0.1, 0.15) is 30.6 Å². The van der Waals surface area contributed by atoms with Crippen LogP contribution < -0.4 is 0 Å². The van der Waals surface area contributed by atoms with Gasteiger partial charge in [0, 0.05) is 11.3 Å². The lowest BCUT2D eigenvalue weighted by Crippen LogP contribution is -2.50. The first-order chi connectivity index (χ1) is 11.5. The molecule has 0 aromatic heterocycles. The van der Waals surface area contributed by atoms with E-state index in [0.29, 0.717) is 11.1 Å². The van der Waals surface area contributed by atoms with Crippen LogP contribution in [0.3, 0.4) is 0 Å². The lowest BCUT2D eigenvalue weighted by molar-refractivity contribution is -0.559. The molecule has 0 unspecified atom stereocenters. The van der Waals surface area contributed by atoms with Crippen molar-refractivity contribution in [3.63, 3.8) is 0 Å². The monoisotopic (exact) mass is 329 g/mol. The number of aliphatic hydroxyl groups is 1. The molecule has 0 amide bonds. The SMILES string of the molecule is CC[C@](CO)(C(=O)OC(c1ccccc1)c1ccccc1)[N+](=O)[O-]. The molecule has 6 nitrogen and oxygen atoms in total. The van der Waals surface area contributed by atoms with Crippen LogP contribution in [0.15, 0.2) is 60.7 Å². The Bertz CT molecular complexity index is 644. The van der Waals surface area contributed by atoms with Crippen molar-refractivity contribution in [1.29, 1.82) is 0 Å². The fraction of sp³-hybridized carbons (Fsp3) is 0.278. The number of rotatable bonds is 7. The molecule has 0 bridgehead atoms. The maximum Gasteiger partial charge on any atom is 0.388 e. The summed E-state index contributed by atoms with van der Waals surface area (Å²) >= 11 is 0. The summed E-state index contributed by atoms with van der Waals surface area (Å²) in [6.07, 6.45) is -0.941. The zero-order chi connectivity index (χ0) is 17.6. The Morgan fingerprint density at radius 2 is 1.58 bits per heavy atom. The second kappa shape index (κ2) is 7.70. The predicted molar refractivity (Wildman–Crippen MR) is 87.9 cm³/mol. The van der Waals surface area contributed by atoms with Gasteiger partial charge in [-0.15, -0.1) is 0 Å². The fourth-order valence-corrected chi connectivity index (χ4v) is 2.38. The number of hydrogen-bond donors (Lipinski definition) is 1. The minimum Gasteiger partial charge on any atom is -0.447 e. The molecule has 2 aromatic rings. The number of ether oxygens (including phenoxy) is 1. The first kappa shape index (κ1) is 17.6. The van der Waals surface area contributed by atoms with Gasteiger partial charge in [-0.3, -0.25) is 10.1 Å². The highest BCUT2D eigenvalue weighted by Crippen LogP contribution is 2.29. The zero-order valence-electron chi connectivity index (χ0n) is 13.3. The van der Waals surface area contributed by atoms with Crippen molar-refractivity contribution in [2.75, 3.05) is 6.61 Å². The van der Waals surface area contributed by atoms with Gasteiger partial charge in [0.25, 0.3) is 0 Å². The third-order valence-corrected chi connectivity index (χ3v) is 4.01. The molecular weight excluding hydrogens is 310 g/mol. The predicted octanol–water partition coefficient (Wildman–Crippen LogP) is 2.74. The van der Waals surface area contributed by atoms with Crippen molar-refractivity contribution >= 4 is 5.97 Å². The molecule has 0 aliphatic carbocycles. The van der Waals surface area contributed by atoms with Crippen LogP contribution in [0.25, 0.3) is 0 Å². The number of carbonyl (C=O) groups is 1. The molecule has 0 fully saturated rings. The number of nitrogens with zero attached hydrogens (tertiary/aromatic N) is 1. The number of carbonyl (C=O) groups excluding carboxylic acids is 1. The molecule has 2 aromatic carbocycles. The summed E-state index contributed by atoms with van der Waals surface area (Å²) in [6, 6.07) is 18.0. The molecule has 0 heterocycles. The van der Waals surface area contributed by atoms with Gasteiger partial charge in [-0.2, -0.15) is 0 Å².